The van der Waals surface area contributed by atoms with Crippen LogP contribution in [0.4, 0.5) is 6.01 Å². The van der Waals surface area contributed by atoms with Gasteiger partial charge >= 0.3 is 6.01 Å². The molecule has 25 heavy (non-hydrogen) atoms. The van der Waals surface area contributed by atoms with Crippen LogP contribution in [0.15, 0.2) is 32.4 Å². The van der Waals surface area contributed by atoms with Crippen LogP contribution in [-0.4, -0.2) is 34.1 Å². The average molecular weight is 358 g/mol. The van der Waals surface area contributed by atoms with Crippen molar-refractivity contribution in [2.45, 2.75) is 26.3 Å². The fraction of sp³-hybridized carbons (Fsp3) is 0.353. The standard InChI is InChI=1S/C17H18N4O3S/c1-11-8-12(10-25-11)16-19-20-17(24-16)18-15(22)14-5-4-13(23-14)9-21-6-2-3-7-21/h4-5,8,10H,2-3,6-7,9H2,1H3,(H,18,20,22). The number of likely N-dealkylation sites (tertiary alicyclic amines) is 1. The van der Waals surface area contributed by atoms with E-state index in [1.165, 1.54) is 12.8 Å². The first-order valence-corrected chi connectivity index (χ1v) is 9.07. The summed E-state index contributed by atoms with van der Waals surface area (Å²) in [6, 6.07) is 5.52. The van der Waals surface area contributed by atoms with Crippen LogP contribution in [0.5, 0.6) is 0 Å². The van der Waals surface area contributed by atoms with Crippen molar-refractivity contribution in [3.05, 3.63) is 40.0 Å². The average Bonchev–Trinajstić information content (AvgIpc) is 3.34. The predicted octanol–water partition coefficient (Wildman–Crippen LogP) is 3.55. The lowest BCUT2D eigenvalue weighted by Gasteiger charge is -2.11. The zero-order valence-electron chi connectivity index (χ0n) is 13.8. The molecule has 4 rings (SSSR count). The second kappa shape index (κ2) is 6.81. The van der Waals surface area contributed by atoms with Gasteiger partial charge in [0.1, 0.15) is 5.76 Å². The number of aryl methyl sites for hydroxylation is 1. The number of hydrogen-bond acceptors (Lipinski definition) is 7. The van der Waals surface area contributed by atoms with Crippen LogP contribution in [0.3, 0.4) is 0 Å². The first-order valence-electron chi connectivity index (χ1n) is 8.19. The van der Waals surface area contributed by atoms with Gasteiger partial charge in [-0.15, -0.1) is 16.4 Å². The van der Waals surface area contributed by atoms with Crippen molar-refractivity contribution < 1.29 is 13.6 Å². The molecule has 1 N–H and O–H groups in total. The predicted molar refractivity (Wildman–Crippen MR) is 93.5 cm³/mol. The van der Waals surface area contributed by atoms with Gasteiger partial charge in [0.15, 0.2) is 5.76 Å². The molecule has 7 nitrogen and oxygen atoms in total. The molecule has 0 aliphatic carbocycles. The van der Waals surface area contributed by atoms with Crippen LogP contribution in [-0.2, 0) is 6.54 Å². The number of carbonyl (C=O) groups excluding carboxylic acids is 1. The number of thiophene rings is 1. The number of amides is 1. The molecule has 1 amide bonds. The number of rotatable bonds is 5. The van der Waals surface area contributed by atoms with Crippen LogP contribution >= 0.6 is 11.3 Å². The molecule has 0 radical (unpaired) electrons. The summed E-state index contributed by atoms with van der Waals surface area (Å²) in [5.74, 6) is 1.01. The van der Waals surface area contributed by atoms with E-state index >= 15 is 0 Å². The maximum atomic E-state index is 12.3. The van der Waals surface area contributed by atoms with E-state index in [1.807, 2.05) is 24.4 Å². The molecule has 1 saturated heterocycles. The lowest BCUT2D eigenvalue weighted by atomic mass is 10.3. The Morgan fingerprint density at radius 2 is 2.12 bits per heavy atom. The quantitative estimate of drug-likeness (QED) is 0.751. The summed E-state index contributed by atoms with van der Waals surface area (Å²) in [5, 5.41) is 12.3. The van der Waals surface area contributed by atoms with Crippen LogP contribution in [0.25, 0.3) is 11.5 Å². The number of nitrogens with zero attached hydrogens (tertiary/aromatic N) is 3. The van der Waals surface area contributed by atoms with Crippen molar-refractivity contribution in [2.75, 3.05) is 18.4 Å². The van der Waals surface area contributed by atoms with Gasteiger partial charge in [-0.2, -0.15) is 0 Å². The van der Waals surface area contributed by atoms with Gasteiger partial charge in [-0.05, 0) is 51.1 Å². The fourth-order valence-corrected chi connectivity index (χ4v) is 3.53. The first kappa shape index (κ1) is 16.0. The van der Waals surface area contributed by atoms with Crippen LogP contribution in [0, 0.1) is 6.92 Å². The highest BCUT2D eigenvalue weighted by Gasteiger charge is 2.18. The molecule has 0 unspecified atom stereocenters. The summed E-state index contributed by atoms with van der Waals surface area (Å²) >= 11 is 1.60. The van der Waals surface area contributed by atoms with Crippen molar-refractivity contribution >= 4 is 23.3 Å². The van der Waals surface area contributed by atoms with E-state index < -0.39 is 5.91 Å². The van der Waals surface area contributed by atoms with Gasteiger partial charge < -0.3 is 8.83 Å². The molecule has 8 heteroatoms. The number of furan rings is 1. The first-order chi connectivity index (χ1) is 12.2. The van der Waals surface area contributed by atoms with Gasteiger partial charge in [0, 0.05) is 15.8 Å². The van der Waals surface area contributed by atoms with Gasteiger partial charge in [-0.25, -0.2) is 0 Å². The molecule has 0 bridgehead atoms. The summed E-state index contributed by atoms with van der Waals surface area (Å²) < 4.78 is 11.1. The zero-order valence-corrected chi connectivity index (χ0v) is 14.6. The smallest absolute Gasteiger partial charge is 0.322 e. The van der Waals surface area contributed by atoms with E-state index in [2.05, 4.69) is 20.4 Å². The Bertz CT molecular complexity index is 876. The molecule has 0 atom stereocenters. The lowest BCUT2D eigenvalue weighted by molar-refractivity contribution is 0.0990. The third-order valence-electron chi connectivity index (χ3n) is 4.09. The summed E-state index contributed by atoms with van der Waals surface area (Å²) in [6.07, 6.45) is 2.44. The van der Waals surface area contributed by atoms with Crippen LogP contribution < -0.4 is 5.32 Å². The van der Waals surface area contributed by atoms with E-state index in [-0.39, 0.29) is 11.8 Å². The lowest BCUT2D eigenvalue weighted by Crippen LogP contribution is -2.18. The van der Waals surface area contributed by atoms with Gasteiger partial charge in [0.25, 0.3) is 11.8 Å². The molecule has 4 heterocycles. The molecule has 1 aliphatic rings. The topological polar surface area (TPSA) is 84.4 Å². The van der Waals surface area contributed by atoms with E-state index in [0.717, 1.165) is 35.8 Å². The van der Waals surface area contributed by atoms with Gasteiger partial charge in [0.2, 0.25) is 0 Å². The van der Waals surface area contributed by atoms with E-state index in [4.69, 9.17) is 8.83 Å². The van der Waals surface area contributed by atoms with Gasteiger partial charge in [-0.1, -0.05) is 5.10 Å². The molecule has 1 aliphatic heterocycles. The third-order valence-corrected chi connectivity index (χ3v) is 4.95. The minimum Gasteiger partial charge on any atom is -0.455 e. The van der Waals surface area contributed by atoms with E-state index in [1.54, 1.807) is 17.4 Å². The van der Waals surface area contributed by atoms with E-state index in [9.17, 15) is 4.79 Å². The number of anilines is 1. The Labute approximate surface area is 148 Å². The number of nitrogens with one attached hydrogen (secondary N) is 1. The second-order valence-electron chi connectivity index (χ2n) is 6.06. The number of carbonyl (C=O) groups is 1. The minimum atomic E-state index is -0.399. The summed E-state index contributed by atoms with van der Waals surface area (Å²) in [7, 11) is 0. The molecule has 3 aromatic heterocycles. The molecule has 3 aromatic rings. The molecular formula is C17H18N4O3S. The Morgan fingerprint density at radius 1 is 1.28 bits per heavy atom. The normalized spacial score (nSPS) is 14.9. The van der Waals surface area contributed by atoms with Crippen molar-refractivity contribution in [1.82, 2.24) is 15.1 Å². The molecule has 0 aromatic carbocycles. The maximum Gasteiger partial charge on any atom is 0.322 e. The molecule has 1 fully saturated rings. The van der Waals surface area contributed by atoms with Crippen molar-refractivity contribution in [3.8, 4) is 11.5 Å². The molecule has 130 valence electrons. The minimum absolute atomic E-state index is 0.0568. The Balaban J connectivity index is 1.40. The Morgan fingerprint density at radius 3 is 2.88 bits per heavy atom. The molecule has 0 saturated carbocycles. The summed E-state index contributed by atoms with van der Waals surface area (Å²) in [5.41, 5.74) is 0.849. The van der Waals surface area contributed by atoms with Crippen molar-refractivity contribution in [3.63, 3.8) is 0 Å². The van der Waals surface area contributed by atoms with Crippen LogP contribution in [0.2, 0.25) is 0 Å². The SMILES string of the molecule is Cc1cc(-c2nnc(NC(=O)c3ccc(CN4CCCC4)o3)o2)cs1. The van der Waals surface area contributed by atoms with E-state index in [0.29, 0.717) is 5.89 Å². The largest absolute Gasteiger partial charge is 0.455 e. The van der Waals surface area contributed by atoms with Crippen molar-refractivity contribution in [1.29, 1.82) is 0 Å². The number of hydrogen-bond donors (Lipinski definition) is 1. The third kappa shape index (κ3) is 3.64. The summed E-state index contributed by atoms with van der Waals surface area (Å²) in [6.45, 7) is 4.89. The number of aromatic nitrogens is 2. The molecule has 0 spiro atoms. The second-order valence-corrected chi connectivity index (χ2v) is 7.18. The van der Waals surface area contributed by atoms with Gasteiger partial charge in [-0.3, -0.25) is 15.0 Å². The molecular weight excluding hydrogens is 340 g/mol. The van der Waals surface area contributed by atoms with Crippen LogP contribution in [0.1, 0.15) is 34.0 Å². The summed E-state index contributed by atoms with van der Waals surface area (Å²) in [4.78, 5) is 15.7. The van der Waals surface area contributed by atoms with Gasteiger partial charge in [0.05, 0.1) is 6.54 Å². The zero-order chi connectivity index (χ0) is 17.2. The maximum absolute atomic E-state index is 12.3. The fourth-order valence-electron chi connectivity index (χ4n) is 2.85. The highest BCUT2D eigenvalue weighted by molar-refractivity contribution is 7.10. The Kier molecular flexibility index (Phi) is 4.37. The monoisotopic (exact) mass is 358 g/mol. The Hall–Kier alpha value is -2.45. The van der Waals surface area contributed by atoms with Crippen molar-refractivity contribution in [2.24, 2.45) is 0 Å². The highest BCUT2D eigenvalue weighted by atomic mass is 32.1. The highest BCUT2D eigenvalue weighted by Crippen LogP contribution is 2.25.